The molecule has 0 bridgehead atoms. The van der Waals surface area contributed by atoms with Gasteiger partial charge in [0.2, 0.25) is 0 Å². The zero-order chi connectivity index (χ0) is 10.7. The van der Waals surface area contributed by atoms with Crippen molar-refractivity contribution in [2.75, 3.05) is 26.3 Å². The highest BCUT2D eigenvalue weighted by Crippen LogP contribution is 2.14. The van der Waals surface area contributed by atoms with Crippen LogP contribution >= 0.6 is 11.3 Å². The van der Waals surface area contributed by atoms with Crippen molar-refractivity contribution in [3.8, 4) is 0 Å². The Hall–Kier alpha value is -1.27. The van der Waals surface area contributed by atoms with Gasteiger partial charge in [-0.2, -0.15) is 0 Å². The van der Waals surface area contributed by atoms with Gasteiger partial charge in [-0.25, -0.2) is 4.98 Å². The Morgan fingerprint density at radius 2 is 2.27 bits per heavy atom. The lowest BCUT2D eigenvalue weighted by atomic mass is 10.4. The normalized spacial score (nSPS) is 16.4. The van der Waals surface area contributed by atoms with Crippen molar-refractivity contribution in [3.05, 3.63) is 16.1 Å². The summed E-state index contributed by atoms with van der Waals surface area (Å²) in [6, 6.07) is 0. The summed E-state index contributed by atoms with van der Waals surface area (Å²) in [7, 11) is 0. The fraction of sp³-hybridized carbons (Fsp3) is 0.444. The quantitative estimate of drug-likeness (QED) is 0.686. The number of nitrogens with zero attached hydrogens (tertiary/aromatic N) is 2. The number of rotatable bonds is 2. The summed E-state index contributed by atoms with van der Waals surface area (Å²) in [5, 5.41) is 0.339. The first kappa shape index (κ1) is 10.3. The molecule has 1 aromatic rings. The molecular weight excluding hydrogens is 216 g/mol. The van der Waals surface area contributed by atoms with Gasteiger partial charge in [0.05, 0.1) is 19.4 Å². The summed E-state index contributed by atoms with van der Waals surface area (Å²) in [6.45, 7) is 2.36. The van der Waals surface area contributed by atoms with Crippen LogP contribution in [0.1, 0.15) is 19.5 Å². The third-order valence-corrected chi connectivity index (χ3v) is 3.04. The zero-order valence-electron chi connectivity index (χ0n) is 8.01. The largest absolute Gasteiger partial charge is 0.378 e. The molecule has 2 heterocycles. The monoisotopic (exact) mass is 226 g/mol. The summed E-state index contributed by atoms with van der Waals surface area (Å²) < 4.78 is 5.15. The van der Waals surface area contributed by atoms with Crippen LogP contribution in [0.15, 0.2) is 6.20 Å². The maximum Gasteiger partial charge on any atom is 0.265 e. The molecule has 6 heteroatoms. The molecule has 80 valence electrons. The number of amides is 1. The van der Waals surface area contributed by atoms with E-state index in [0.29, 0.717) is 42.5 Å². The van der Waals surface area contributed by atoms with E-state index in [2.05, 4.69) is 4.98 Å². The Bertz CT molecular complexity index is 371. The minimum absolute atomic E-state index is 0.0658. The molecule has 1 aliphatic rings. The SMILES string of the molecule is O=Cc1ncc(C(=O)N2CCOCC2)s1. The fourth-order valence-corrected chi connectivity index (χ4v) is 2.06. The van der Waals surface area contributed by atoms with Crippen molar-refractivity contribution in [3.63, 3.8) is 0 Å². The lowest BCUT2D eigenvalue weighted by molar-refractivity contribution is 0.0306. The van der Waals surface area contributed by atoms with Crippen molar-refractivity contribution >= 4 is 23.5 Å². The third-order valence-electron chi connectivity index (χ3n) is 2.13. The Kier molecular flexibility index (Phi) is 3.08. The molecule has 0 unspecified atom stereocenters. The van der Waals surface area contributed by atoms with Crippen molar-refractivity contribution < 1.29 is 14.3 Å². The number of carbonyl (C=O) groups excluding carboxylic acids is 2. The maximum absolute atomic E-state index is 11.9. The molecule has 1 saturated heterocycles. The molecule has 1 aliphatic heterocycles. The molecule has 15 heavy (non-hydrogen) atoms. The standard InChI is InChI=1S/C9H10N2O3S/c12-6-8-10-5-7(15-8)9(13)11-1-3-14-4-2-11/h5-6H,1-4H2. The second kappa shape index (κ2) is 4.50. The second-order valence-corrected chi connectivity index (χ2v) is 4.15. The first-order chi connectivity index (χ1) is 7.31. The van der Waals surface area contributed by atoms with E-state index in [1.807, 2.05) is 0 Å². The fourth-order valence-electron chi connectivity index (χ4n) is 1.36. The Balaban J connectivity index is 2.08. The van der Waals surface area contributed by atoms with Crippen LogP contribution in [0.25, 0.3) is 0 Å². The average Bonchev–Trinajstić information content (AvgIpc) is 2.78. The smallest absolute Gasteiger partial charge is 0.265 e. The molecule has 5 nitrogen and oxygen atoms in total. The highest BCUT2D eigenvalue weighted by molar-refractivity contribution is 7.15. The van der Waals surface area contributed by atoms with Gasteiger partial charge in [-0.3, -0.25) is 9.59 Å². The van der Waals surface area contributed by atoms with Gasteiger partial charge in [0.1, 0.15) is 4.88 Å². The first-order valence-electron chi connectivity index (χ1n) is 4.59. The highest BCUT2D eigenvalue weighted by atomic mass is 32.1. The predicted molar refractivity (Wildman–Crippen MR) is 54.2 cm³/mol. The summed E-state index contributed by atoms with van der Waals surface area (Å²) in [5.41, 5.74) is 0. The Labute approximate surface area is 90.7 Å². The predicted octanol–water partition coefficient (Wildman–Crippen LogP) is 0.428. The van der Waals surface area contributed by atoms with Crippen LogP contribution in [0.5, 0.6) is 0 Å². The lowest BCUT2D eigenvalue weighted by Gasteiger charge is -2.26. The highest BCUT2D eigenvalue weighted by Gasteiger charge is 2.20. The molecule has 0 saturated carbocycles. The summed E-state index contributed by atoms with van der Waals surface area (Å²) in [6.07, 6.45) is 2.10. The summed E-state index contributed by atoms with van der Waals surface area (Å²) in [4.78, 5) is 28.3. The van der Waals surface area contributed by atoms with E-state index in [1.54, 1.807) is 4.90 Å². The van der Waals surface area contributed by atoms with Crippen LogP contribution < -0.4 is 0 Å². The Morgan fingerprint density at radius 3 is 2.87 bits per heavy atom. The molecule has 1 amide bonds. The molecule has 0 aromatic carbocycles. The first-order valence-corrected chi connectivity index (χ1v) is 5.41. The van der Waals surface area contributed by atoms with Gasteiger partial charge >= 0.3 is 0 Å². The average molecular weight is 226 g/mol. The number of morpholine rings is 1. The van der Waals surface area contributed by atoms with Crippen LogP contribution in [0, 0.1) is 0 Å². The maximum atomic E-state index is 11.9. The van der Waals surface area contributed by atoms with E-state index in [9.17, 15) is 9.59 Å². The number of carbonyl (C=O) groups is 2. The van der Waals surface area contributed by atoms with Crippen LogP contribution in [-0.2, 0) is 4.74 Å². The van der Waals surface area contributed by atoms with Gasteiger partial charge in [0.15, 0.2) is 11.3 Å². The minimum Gasteiger partial charge on any atom is -0.378 e. The van der Waals surface area contributed by atoms with Gasteiger partial charge < -0.3 is 9.64 Å². The number of aldehydes is 1. The van der Waals surface area contributed by atoms with Crippen LogP contribution in [0.2, 0.25) is 0 Å². The summed E-state index contributed by atoms with van der Waals surface area (Å²) in [5.74, 6) is -0.0658. The van der Waals surface area contributed by atoms with Crippen molar-refractivity contribution in [2.45, 2.75) is 0 Å². The zero-order valence-corrected chi connectivity index (χ0v) is 8.83. The van der Waals surface area contributed by atoms with E-state index in [4.69, 9.17) is 4.74 Å². The van der Waals surface area contributed by atoms with Crippen molar-refractivity contribution in [1.82, 2.24) is 9.88 Å². The van der Waals surface area contributed by atoms with Crippen LogP contribution in [-0.4, -0.2) is 48.4 Å². The molecule has 1 fully saturated rings. The molecule has 1 aromatic heterocycles. The number of ether oxygens (including phenoxy) is 1. The van der Waals surface area contributed by atoms with Gasteiger partial charge in [-0.05, 0) is 0 Å². The molecule has 0 aliphatic carbocycles. The topological polar surface area (TPSA) is 59.5 Å². The van der Waals surface area contributed by atoms with E-state index >= 15 is 0 Å². The van der Waals surface area contributed by atoms with Gasteiger partial charge in [0.25, 0.3) is 5.91 Å². The molecule has 0 spiro atoms. The van der Waals surface area contributed by atoms with Crippen LogP contribution in [0.4, 0.5) is 0 Å². The number of hydrogen-bond donors (Lipinski definition) is 0. The second-order valence-electron chi connectivity index (χ2n) is 3.09. The van der Waals surface area contributed by atoms with Crippen LogP contribution in [0.3, 0.4) is 0 Å². The van der Waals surface area contributed by atoms with Gasteiger partial charge in [-0.1, -0.05) is 0 Å². The molecular formula is C9H10N2O3S. The number of hydrogen-bond acceptors (Lipinski definition) is 5. The molecule has 0 N–H and O–H groups in total. The van der Waals surface area contributed by atoms with E-state index in [1.165, 1.54) is 6.20 Å². The number of aromatic nitrogens is 1. The van der Waals surface area contributed by atoms with Gasteiger partial charge in [0, 0.05) is 13.1 Å². The number of thiazole rings is 1. The molecule has 0 radical (unpaired) electrons. The van der Waals surface area contributed by atoms with Crippen molar-refractivity contribution in [2.24, 2.45) is 0 Å². The lowest BCUT2D eigenvalue weighted by Crippen LogP contribution is -2.40. The van der Waals surface area contributed by atoms with E-state index in [-0.39, 0.29) is 5.91 Å². The minimum atomic E-state index is -0.0658. The van der Waals surface area contributed by atoms with E-state index in [0.717, 1.165) is 11.3 Å². The van der Waals surface area contributed by atoms with Gasteiger partial charge in [-0.15, -0.1) is 11.3 Å². The molecule has 2 rings (SSSR count). The Morgan fingerprint density at radius 1 is 1.53 bits per heavy atom. The van der Waals surface area contributed by atoms with E-state index < -0.39 is 0 Å². The van der Waals surface area contributed by atoms with Crippen molar-refractivity contribution in [1.29, 1.82) is 0 Å². The molecule has 0 atom stereocenters. The summed E-state index contributed by atoms with van der Waals surface area (Å²) >= 11 is 1.12. The third kappa shape index (κ3) is 2.21.